The number of nitrogens with zero attached hydrogens (tertiary/aromatic N) is 1. The number of aromatic hydroxyl groups is 1. The van der Waals surface area contributed by atoms with E-state index in [0.717, 1.165) is 11.3 Å². The van der Waals surface area contributed by atoms with Crippen molar-refractivity contribution in [3.8, 4) is 5.75 Å². The summed E-state index contributed by atoms with van der Waals surface area (Å²) in [6.07, 6.45) is 1.88. The molecule has 2 aromatic carbocycles. The molecule has 25 heavy (non-hydrogen) atoms. The lowest BCUT2D eigenvalue weighted by molar-refractivity contribution is -0.115. The second-order valence-electron chi connectivity index (χ2n) is 5.42. The summed E-state index contributed by atoms with van der Waals surface area (Å²) in [6.45, 7) is 0. The van der Waals surface area contributed by atoms with E-state index in [1.165, 1.54) is 0 Å². The van der Waals surface area contributed by atoms with Gasteiger partial charge in [0.2, 0.25) is 5.91 Å². The molecule has 0 bridgehead atoms. The van der Waals surface area contributed by atoms with E-state index in [1.807, 2.05) is 12.1 Å². The zero-order valence-electron chi connectivity index (χ0n) is 13.2. The fourth-order valence-electron chi connectivity index (χ4n) is 2.27. The standard InChI is InChI=1S/C19H16ClN3O2/c20-14-5-3-13(4-6-14)12-18(25)23-17-2-1-11-21-19(17)22-15-7-9-16(24)10-8-15/h1-11,24H,12H2,(H,21,22)(H,23,25). The van der Waals surface area contributed by atoms with Crippen LogP contribution in [0, 0.1) is 0 Å². The lowest BCUT2D eigenvalue weighted by Crippen LogP contribution is -2.15. The summed E-state index contributed by atoms with van der Waals surface area (Å²) in [5.41, 5.74) is 2.21. The van der Waals surface area contributed by atoms with E-state index in [9.17, 15) is 9.90 Å². The summed E-state index contributed by atoms with van der Waals surface area (Å²) < 4.78 is 0. The van der Waals surface area contributed by atoms with Crippen molar-refractivity contribution in [3.63, 3.8) is 0 Å². The van der Waals surface area contributed by atoms with E-state index in [0.29, 0.717) is 16.5 Å². The van der Waals surface area contributed by atoms with Crippen LogP contribution in [0.3, 0.4) is 0 Å². The van der Waals surface area contributed by atoms with Gasteiger partial charge in [-0.15, -0.1) is 0 Å². The van der Waals surface area contributed by atoms with Crippen LogP contribution in [0.4, 0.5) is 17.2 Å². The Labute approximate surface area is 150 Å². The van der Waals surface area contributed by atoms with E-state index in [1.54, 1.807) is 54.7 Å². The van der Waals surface area contributed by atoms with Gasteiger partial charge in [-0.25, -0.2) is 4.98 Å². The molecule has 1 aromatic heterocycles. The molecule has 0 unspecified atom stereocenters. The van der Waals surface area contributed by atoms with E-state index in [2.05, 4.69) is 15.6 Å². The Morgan fingerprint density at radius 3 is 2.48 bits per heavy atom. The van der Waals surface area contributed by atoms with Crippen molar-refractivity contribution in [2.24, 2.45) is 0 Å². The first-order chi connectivity index (χ1) is 12.1. The van der Waals surface area contributed by atoms with Crippen LogP contribution in [0.15, 0.2) is 66.9 Å². The Hall–Kier alpha value is -3.05. The van der Waals surface area contributed by atoms with E-state index < -0.39 is 0 Å². The van der Waals surface area contributed by atoms with Crippen LogP contribution in [0.1, 0.15) is 5.56 Å². The third-order valence-corrected chi connectivity index (χ3v) is 3.74. The van der Waals surface area contributed by atoms with Crippen molar-refractivity contribution in [2.75, 3.05) is 10.6 Å². The molecule has 0 aliphatic rings. The van der Waals surface area contributed by atoms with Gasteiger partial charge in [-0.3, -0.25) is 4.79 Å². The molecule has 126 valence electrons. The van der Waals surface area contributed by atoms with Crippen LogP contribution in [0.25, 0.3) is 0 Å². The monoisotopic (exact) mass is 353 g/mol. The normalized spacial score (nSPS) is 10.3. The van der Waals surface area contributed by atoms with Crippen molar-refractivity contribution in [3.05, 3.63) is 77.4 Å². The van der Waals surface area contributed by atoms with Crippen LogP contribution in [-0.4, -0.2) is 16.0 Å². The fourth-order valence-corrected chi connectivity index (χ4v) is 2.40. The molecule has 3 rings (SSSR count). The molecule has 1 amide bonds. The number of phenolic OH excluding ortho intramolecular Hbond substituents is 1. The van der Waals surface area contributed by atoms with Crippen molar-refractivity contribution >= 4 is 34.7 Å². The largest absolute Gasteiger partial charge is 0.508 e. The van der Waals surface area contributed by atoms with Gasteiger partial charge in [0.15, 0.2) is 5.82 Å². The second kappa shape index (κ2) is 7.68. The average molecular weight is 354 g/mol. The SMILES string of the molecule is O=C(Cc1ccc(Cl)cc1)Nc1cccnc1Nc1ccc(O)cc1. The molecule has 0 saturated heterocycles. The van der Waals surface area contributed by atoms with Gasteiger partial charge >= 0.3 is 0 Å². The molecular formula is C19H16ClN3O2. The molecule has 0 atom stereocenters. The molecule has 0 aliphatic carbocycles. The number of hydrogen-bond donors (Lipinski definition) is 3. The zero-order chi connectivity index (χ0) is 17.6. The van der Waals surface area contributed by atoms with Gasteiger partial charge < -0.3 is 15.7 Å². The van der Waals surface area contributed by atoms with Gasteiger partial charge in [-0.05, 0) is 54.1 Å². The number of halogens is 1. The van der Waals surface area contributed by atoms with Crippen LogP contribution in [0.5, 0.6) is 5.75 Å². The summed E-state index contributed by atoms with van der Waals surface area (Å²) in [6, 6.07) is 17.3. The lowest BCUT2D eigenvalue weighted by Gasteiger charge is -2.12. The number of rotatable bonds is 5. The lowest BCUT2D eigenvalue weighted by atomic mass is 10.1. The third kappa shape index (κ3) is 4.71. The van der Waals surface area contributed by atoms with E-state index in [-0.39, 0.29) is 18.1 Å². The number of nitrogens with one attached hydrogen (secondary N) is 2. The Kier molecular flexibility index (Phi) is 5.16. The highest BCUT2D eigenvalue weighted by molar-refractivity contribution is 6.30. The molecule has 0 radical (unpaired) electrons. The minimum atomic E-state index is -0.149. The summed E-state index contributed by atoms with van der Waals surface area (Å²) in [5, 5.41) is 16.0. The van der Waals surface area contributed by atoms with Crippen molar-refractivity contribution in [2.45, 2.75) is 6.42 Å². The number of phenols is 1. The molecule has 0 spiro atoms. The molecule has 0 fully saturated rings. The Bertz CT molecular complexity index is 865. The van der Waals surface area contributed by atoms with Crippen LogP contribution in [0.2, 0.25) is 5.02 Å². The van der Waals surface area contributed by atoms with Gasteiger partial charge in [-0.2, -0.15) is 0 Å². The Balaban J connectivity index is 1.70. The predicted molar refractivity (Wildman–Crippen MR) is 99.4 cm³/mol. The molecule has 6 heteroatoms. The summed E-state index contributed by atoms with van der Waals surface area (Å²) >= 11 is 5.85. The maximum absolute atomic E-state index is 12.3. The smallest absolute Gasteiger partial charge is 0.228 e. The minimum absolute atomic E-state index is 0.149. The number of amides is 1. The summed E-state index contributed by atoms with van der Waals surface area (Å²) in [4.78, 5) is 16.5. The molecule has 3 N–H and O–H groups in total. The molecule has 3 aromatic rings. The number of benzene rings is 2. The highest BCUT2D eigenvalue weighted by Gasteiger charge is 2.09. The minimum Gasteiger partial charge on any atom is -0.508 e. The maximum Gasteiger partial charge on any atom is 0.228 e. The van der Waals surface area contributed by atoms with Crippen molar-refractivity contribution < 1.29 is 9.90 Å². The molecule has 1 heterocycles. The molecule has 0 saturated carbocycles. The first kappa shape index (κ1) is 16.8. The van der Waals surface area contributed by atoms with Crippen LogP contribution >= 0.6 is 11.6 Å². The zero-order valence-corrected chi connectivity index (χ0v) is 14.0. The van der Waals surface area contributed by atoms with Crippen molar-refractivity contribution in [1.82, 2.24) is 4.98 Å². The van der Waals surface area contributed by atoms with Crippen LogP contribution < -0.4 is 10.6 Å². The predicted octanol–water partition coefficient (Wildman–Crippen LogP) is 4.37. The number of hydrogen-bond acceptors (Lipinski definition) is 4. The maximum atomic E-state index is 12.3. The van der Waals surface area contributed by atoms with Gasteiger partial charge in [0.05, 0.1) is 12.1 Å². The summed E-state index contributed by atoms with van der Waals surface area (Å²) in [7, 11) is 0. The summed E-state index contributed by atoms with van der Waals surface area (Å²) in [5.74, 6) is 0.560. The van der Waals surface area contributed by atoms with E-state index in [4.69, 9.17) is 11.6 Å². The van der Waals surface area contributed by atoms with Crippen molar-refractivity contribution in [1.29, 1.82) is 0 Å². The molecule has 5 nitrogen and oxygen atoms in total. The molecular weight excluding hydrogens is 338 g/mol. The number of carbonyl (C=O) groups excluding carboxylic acids is 1. The third-order valence-electron chi connectivity index (χ3n) is 3.49. The number of pyridine rings is 1. The van der Waals surface area contributed by atoms with E-state index >= 15 is 0 Å². The first-order valence-corrected chi connectivity index (χ1v) is 8.03. The van der Waals surface area contributed by atoms with Gasteiger partial charge in [-0.1, -0.05) is 23.7 Å². The Morgan fingerprint density at radius 2 is 1.76 bits per heavy atom. The quantitative estimate of drug-likeness (QED) is 0.595. The van der Waals surface area contributed by atoms with Gasteiger partial charge in [0.1, 0.15) is 5.75 Å². The number of anilines is 3. The number of carbonyl (C=O) groups is 1. The fraction of sp³-hybridized carbons (Fsp3) is 0.0526. The van der Waals surface area contributed by atoms with Gasteiger partial charge in [0.25, 0.3) is 0 Å². The number of aromatic nitrogens is 1. The highest BCUT2D eigenvalue weighted by Crippen LogP contribution is 2.24. The second-order valence-corrected chi connectivity index (χ2v) is 5.86. The van der Waals surface area contributed by atoms with Gasteiger partial charge in [0, 0.05) is 16.9 Å². The topological polar surface area (TPSA) is 74.2 Å². The highest BCUT2D eigenvalue weighted by atomic mass is 35.5. The molecule has 0 aliphatic heterocycles. The Morgan fingerprint density at radius 1 is 1.04 bits per heavy atom. The van der Waals surface area contributed by atoms with Crippen LogP contribution in [-0.2, 0) is 11.2 Å². The first-order valence-electron chi connectivity index (χ1n) is 7.65. The average Bonchev–Trinajstić information content (AvgIpc) is 2.61.